The van der Waals surface area contributed by atoms with Crippen LogP contribution in [-0.4, -0.2) is 33.4 Å². The molecule has 0 aromatic rings. The van der Waals surface area contributed by atoms with E-state index < -0.39 is 8.32 Å². The second-order valence-corrected chi connectivity index (χ2v) is 18.2. The first-order chi connectivity index (χ1) is 14.4. The van der Waals surface area contributed by atoms with E-state index in [-0.39, 0.29) is 16.2 Å². The maximum atomic E-state index is 6.89. The predicted molar refractivity (Wildman–Crippen MR) is 128 cm³/mol. The van der Waals surface area contributed by atoms with E-state index in [1.165, 1.54) is 44.9 Å². The molecule has 6 atom stereocenters. The molecule has 1 heterocycles. The van der Waals surface area contributed by atoms with Crippen LogP contribution in [0, 0.1) is 28.6 Å². The second kappa shape index (κ2) is 7.17. The van der Waals surface area contributed by atoms with Gasteiger partial charge in [-0.05, 0) is 86.2 Å². The highest BCUT2D eigenvalue weighted by molar-refractivity contribution is 6.74. The van der Waals surface area contributed by atoms with Crippen molar-refractivity contribution < 1.29 is 13.9 Å². The minimum atomic E-state index is -1.71. The molecule has 0 aromatic carbocycles. The quantitative estimate of drug-likeness (QED) is 0.335. The molecule has 4 unspecified atom stereocenters. The van der Waals surface area contributed by atoms with Gasteiger partial charge in [0.25, 0.3) is 0 Å². The molecule has 0 radical (unpaired) electrons. The van der Waals surface area contributed by atoms with Crippen LogP contribution in [0.15, 0.2) is 11.6 Å². The summed E-state index contributed by atoms with van der Waals surface area (Å²) in [6.45, 7) is 18.6. The van der Waals surface area contributed by atoms with Crippen LogP contribution in [0.4, 0.5) is 0 Å². The van der Waals surface area contributed by atoms with Crippen molar-refractivity contribution in [3.8, 4) is 0 Å². The number of fused-ring (bicyclic) bond motifs is 6. The smallest absolute Gasteiger partial charge is 0.192 e. The number of hydrogen-bond donors (Lipinski definition) is 0. The number of ether oxygens (including phenoxy) is 2. The van der Waals surface area contributed by atoms with E-state index in [0.717, 1.165) is 37.4 Å². The summed E-state index contributed by atoms with van der Waals surface area (Å²) in [6.07, 6.45) is 13.1. The molecule has 0 N–H and O–H groups in total. The molecule has 5 aliphatic rings. The summed E-state index contributed by atoms with van der Waals surface area (Å²) in [4.78, 5) is 0. The number of rotatable bonds is 2. The predicted octanol–water partition coefficient (Wildman–Crippen LogP) is 7.08. The van der Waals surface area contributed by atoms with Crippen LogP contribution in [-0.2, 0) is 13.9 Å². The Labute approximate surface area is 191 Å². The Balaban J connectivity index is 1.35. The average Bonchev–Trinajstić information content (AvgIpc) is 3.27. The van der Waals surface area contributed by atoms with Crippen molar-refractivity contribution in [1.82, 2.24) is 0 Å². The standard InChI is InChI=1S/C27H46O3Si/c1-24(2,3)31(6,7)30-20-10-13-25(4)19(18-20)8-9-21-22(25)11-14-26(5)23(21)12-15-27(26)28-16-17-29-27/h8,20-23H,9-18H2,1-7H3/t20?,21?,22?,23?,25-,26-/m0/s1. The second-order valence-electron chi connectivity index (χ2n) is 13.4. The first-order valence-electron chi connectivity index (χ1n) is 13.1. The molecule has 0 bridgehead atoms. The Kier molecular flexibility index (Phi) is 5.23. The lowest BCUT2D eigenvalue weighted by Crippen LogP contribution is -2.55. The van der Waals surface area contributed by atoms with Gasteiger partial charge in [0.05, 0.1) is 13.2 Å². The van der Waals surface area contributed by atoms with Gasteiger partial charge in [0.2, 0.25) is 0 Å². The number of allylic oxidation sites excluding steroid dienone is 1. The zero-order valence-electron chi connectivity index (χ0n) is 21.2. The lowest BCUT2D eigenvalue weighted by atomic mass is 9.47. The molecule has 0 amide bonds. The molecule has 3 saturated carbocycles. The molecule has 0 aromatic heterocycles. The van der Waals surface area contributed by atoms with Crippen LogP contribution in [0.25, 0.3) is 0 Å². The van der Waals surface area contributed by atoms with Gasteiger partial charge < -0.3 is 13.9 Å². The summed E-state index contributed by atoms with van der Waals surface area (Å²) >= 11 is 0. The highest BCUT2D eigenvalue weighted by atomic mass is 28.4. The third-order valence-electron chi connectivity index (χ3n) is 11.1. The summed E-state index contributed by atoms with van der Waals surface area (Å²) in [6, 6.07) is 0. The third kappa shape index (κ3) is 3.21. The fourth-order valence-corrected chi connectivity index (χ4v) is 9.60. The zero-order chi connectivity index (χ0) is 22.3. The molecule has 1 saturated heterocycles. The molecule has 176 valence electrons. The van der Waals surface area contributed by atoms with Crippen molar-refractivity contribution in [3.63, 3.8) is 0 Å². The molecule has 5 rings (SSSR count). The maximum Gasteiger partial charge on any atom is 0.192 e. The average molecular weight is 447 g/mol. The van der Waals surface area contributed by atoms with E-state index >= 15 is 0 Å². The first-order valence-corrected chi connectivity index (χ1v) is 16.0. The maximum absolute atomic E-state index is 6.89. The lowest BCUT2D eigenvalue weighted by Gasteiger charge is -2.59. The van der Waals surface area contributed by atoms with Crippen molar-refractivity contribution in [1.29, 1.82) is 0 Å². The van der Waals surface area contributed by atoms with Crippen LogP contribution in [0.1, 0.15) is 86.0 Å². The van der Waals surface area contributed by atoms with Gasteiger partial charge in [-0.25, -0.2) is 0 Å². The Morgan fingerprint density at radius 1 is 0.968 bits per heavy atom. The van der Waals surface area contributed by atoms with E-state index in [1.54, 1.807) is 5.57 Å². The fraction of sp³-hybridized carbons (Fsp3) is 0.926. The van der Waals surface area contributed by atoms with Crippen molar-refractivity contribution >= 4 is 8.32 Å². The minimum absolute atomic E-state index is 0.203. The summed E-state index contributed by atoms with van der Waals surface area (Å²) in [5.74, 6) is 2.11. The normalized spacial score (nSPS) is 44.5. The highest BCUT2D eigenvalue weighted by Gasteiger charge is 2.66. The van der Waals surface area contributed by atoms with E-state index in [9.17, 15) is 0 Å². The molecule has 1 aliphatic heterocycles. The van der Waals surface area contributed by atoms with E-state index in [2.05, 4.69) is 53.8 Å². The van der Waals surface area contributed by atoms with Gasteiger partial charge in [-0.15, -0.1) is 0 Å². The summed E-state index contributed by atoms with van der Waals surface area (Å²) in [5.41, 5.74) is 2.31. The van der Waals surface area contributed by atoms with Gasteiger partial charge in [-0.1, -0.05) is 46.3 Å². The lowest BCUT2D eigenvalue weighted by molar-refractivity contribution is -0.242. The van der Waals surface area contributed by atoms with E-state index in [4.69, 9.17) is 13.9 Å². The molecular formula is C27H46O3Si. The van der Waals surface area contributed by atoms with Gasteiger partial charge in [0, 0.05) is 17.9 Å². The monoisotopic (exact) mass is 446 g/mol. The third-order valence-corrected chi connectivity index (χ3v) is 15.7. The van der Waals surface area contributed by atoms with Gasteiger partial charge >= 0.3 is 0 Å². The summed E-state index contributed by atoms with van der Waals surface area (Å²) in [5, 5.41) is 0.288. The summed E-state index contributed by atoms with van der Waals surface area (Å²) in [7, 11) is -1.71. The van der Waals surface area contributed by atoms with Gasteiger partial charge in [0.15, 0.2) is 14.1 Å². The van der Waals surface area contributed by atoms with Gasteiger partial charge in [-0.2, -0.15) is 0 Å². The van der Waals surface area contributed by atoms with Crippen molar-refractivity contribution in [2.24, 2.45) is 28.6 Å². The molecule has 4 fully saturated rings. The fourth-order valence-electron chi connectivity index (χ4n) is 8.21. The van der Waals surface area contributed by atoms with Gasteiger partial charge in [0.1, 0.15) is 0 Å². The van der Waals surface area contributed by atoms with E-state index in [1.807, 2.05) is 0 Å². The van der Waals surface area contributed by atoms with Crippen molar-refractivity contribution in [3.05, 3.63) is 11.6 Å². The SMILES string of the molecule is CC(C)(C)[Si](C)(C)OC1CC[C@@]2(C)C(=CCC3C2CC[C@@]2(C)C3CCC23OCCO3)C1. The minimum Gasteiger partial charge on any atom is -0.414 e. The topological polar surface area (TPSA) is 27.7 Å². The Morgan fingerprint density at radius 3 is 2.32 bits per heavy atom. The molecule has 31 heavy (non-hydrogen) atoms. The Hall–Kier alpha value is -0.163. The zero-order valence-corrected chi connectivity index (χ0v) is 22.2. The Morgan fingerprint density at radius 2 is 1.65 bits per heavy atom. The van der Waals surface area contributed by atoms with Crippen molar-refractivity contribution in [2.45, 2.75) is 116 Å². The van der Waals surface area contributed by atoms with Crippen LogP contribution < -0.4 is 0 Å². The molecule has 1 spiro atoms. The van der Waals surface area contributed by atoms with Crippen LogP contribution in [0.2, 0.25) is 18.1 Å². The first kappa shape index (κ1) is 22.6. The molecule has 4 aliphatic carbocycles. The van der Waals surface area contributed by atoms with Crippen molar-refractivity contribution in [2.75, 3.05) is 13.2 Å². The van der Waals surface area contributed by atoms with Crippen LogP contribution in [0.5, 0.6) is 0 Å². The Bertz CT molecular complexity index is 746. The highest BCUT2D eigenvalue weighted by Crippen LogP contribution is 2.68. The molecule has 3 nitrogen and oxygen atoms in total. The summed E-state index contributed by atoms with van der Waals surface area (Å²) < 4.78 is 19.5. The molecular weight excluding hydrogens is 400 g/mol. The van der Waals surface area contributed by atoms with Crippen LogP contribution >= 0.6 is 0 Å². The number of hydrogen-bond acceptors (Lipinski definition) is 3. The molecule has 4 heteroatoms. The largest absolute Gasteiger partial charge is 0.414 e. The van der Waals surface area contributed by atoms with E-state index in [0.29, 0.717) is 11.5 Å². The van der Waals surface area contributed by atoms with Crippen LogP contribution in [0.3, 0.4) is 0 Å². The van der Waals surface area contributed by atoms with Gasteiger partial charge in [-0.3, -0.25) is 0 Å².